The van der Waals surface area contributed by atoms with E-state index in [0.29, 0.717) is 45.0 Å². The lowest BCUT2D eigenvalue weighted by Crippen LogP contribution is -2.47. The maximum atomic E-state index is 13.4. The van der Waals surface area contributed by atoms with Gasteiger partial charge in [0.05, 0.1) is 48.3 Å². The lowest BCUT2D eigenvalue weighted by molar-refractivity contribution is -0.117. The molecular formula is C21H23ClFN5O3. The second-order valence-corrected chi connectivity index (χ2v) is 9.06. The van der Waals surface area contributed by atoms with Gasteiger partial charge in [-0.15, -0.1) is 0 Å². The van der Waals surface area contributed by atoms with Gasteiger partial charge in [-0.2, -0.15) is 5.10 Å². The van der Waals surface area contributed by atoms with Crippen molar-refractivity contribution in [3.63, 3.8) is 0 Å². The van der Waals surface area contributed by atoms with Gasteiger partial charge in [-0.3, -0.25) is 9.48 Å². The Balaban J connectivity index is 1.36. The van der Waals surface area contributed by atoms with Crippen LogP contribution in [-0.2, 0) is 22.6 Å². The Hall–Kier alpha value is -2.65. The molecule has 1 aromatic heterocycles. The topological polar surface area (TPSA) is 79.7 Å². The van der Waals surface area contributed by atoms with Gasteiger partial charge < -0.3 is 19.9 Å². The van der Waals surface area contributed by atoms with Crippen LogP contribution in [0.4, 0.5) is 20.6 Å². The van der Waals surface area contributed by atoms with Gasteiger partial charge in [-0.1, -0.05) is 11.6 Å². The number of anilines is 2. The van der Waals surface area contributed by atoms with Gasteiger partial charge in [-0.25, -0.2) is 9.18 Å². The Morgan fingerprint density at radius 1 is 1.42 bits per heavy atom. The van der Waals surface area contributed by atoms with E-state index in [0.717, 1.165) is 17.8 Å². The fourth-order valence-corrected chi connectivity index (χ4v) is 4.86. The standard InChI is InChI=1S/C21H23ClFN5O3/c1-13-9-28-18(10-26(13)20(30)25-14-2-3-16(23)15(22)6-14)17(8-24-28)27-11-21(7-19(27)29)4-5-31-12-21/h2-3,6,8,13H,4-5,7,9-12H2,1H3,(H,25,30). The second-order valence-electron chi connectivity index (χ2n) is 8.65. The number of hydrogen-bond donors (Lipinski definition) is 1. The van der Waals surface area contributed by atoms with Crippen LogP contribution in [0.3, 0.4) is 0 Å². The molecule has 3 amide bonds. The number of aromatic nitrogens is 2. The van der Waals surface area contributed by atoms with Crippen molar-refractivity contribution in [2.75, 3.05) is 30.0 Å². The SMILES string of the molecule is CC1Cn2ncc(N3CC4(CCOC4)CC3=O)c2CN1C(=O)Nc1ccc(F)c(Cl)c1. The Morgan fingerprint density at radius 2 is 2.26 bits per heavy atom. The zero-order valence-corrected chi connectivity index (χ0v) is 17.9. The third-order valence-electron chi connectivity index (χ3n) is 6.44. The molecule has 1 aromatic carbocycles. The molecule has 4 heterocycles. The van der Waals surface area contributed by atoms with Crippen LogP contribution in [0.25, 0.3) is 0 Å². The first kappa shape index (κ1) is 20.3. The van der Waals surface area contributed by atoms with Crippen LogP contribution in [0.5, 0.6) is 0 Å². The van der Waals surface area contributed by atoms with E-state index in [-0.39, 0.29) is 28.4 Å². The first-order valence-corrected chi connectivity index (χ1v) is 10.7. The summed E-state index contributed by atoms with van der Waals surface area (Å²) in [5, 5.41) is 7.20. The van der Waals surface area contributed by atoms with Gasteiger partial charge >= 0.3 is 6.03 Å². The molecule has 2 atom stereocenters. The Labute approximate surface area is 183 Å². The highest BCUT2D eigenvalue weighted by atomic mass is 35.5. The smallest absolute Gasteiger partial charge is 0.322 e. The summed E-state index contributed by atoms with van der Waals surface area (Å²) in [4.78, 5) is 29.2. The first-order valence-electron chi connectivity index (χ1n) is 10.3. The lowest BCUT2D eigenvalue weighted by Gasteiger charge is -2.35. The number of carbonyl (C=O) groups excluding carboxylic acids is 2. The average molecular weight is 448 g/mol. The number of rotatable bonds is 2. The predicted molar refractivity (Wildman–Crippen MR) is 112 cm³/mol. The minimum Gasteiger partial charge on any atom is -0.381 e. The highest BCUT2D eigenvalue weighted by Crippen LogP contribution is 2.42. The number of nitrogens with zero attached hydrogens (tertiary/aromatic N) is 4. The van der Waals surface area contributed by atoms with E-state index in [1.165, 1.54) is 18.2 Å². The van der Waals surface area contributed by atoms with Crippen LogP contribution < -0.4 is 10.2 Å². The molecule has 2 unspecified atom stereocenters. The average Bonchev–Trinajstić information content (AvgIpc) is 3.43. The number of benzene rings is 1. The number of carbonyl (C=O) groups is 2. The highest BCUT2D eigenvalue weighted by Gasteiger charge is 2.47. The largest absolute Gasteiger partial charge is 0.381 e. The van der Waals surface area contributed by atoms with Crippen molar-refractivity contribution < 1.29 is 18.7 Å². The summed E-state index contributed by atoms with van der Waals surface area (Å²) in [7, 11) is 0. The predicted octanol–water partition coefficient (Wildman–Crippen LogP) is 3.26. The van der Waals surface area contributed by atoms with Crippen molar-refractivity contribution in [2.24, 2.45) is 5.41 Å². The van der Waals surface area contributed by atoms with E-state index in [1.807, 2.05) is 11.6 Å². The molecule has 164 valence electrons. The molecule has 10 heteroatoms. The van der Waals surface area contributed by atoms with E-state index < -0.39 is 5.82 Å². The summed E-state index contributed by atoms with van der Waals surface area (Å²) in [6.07, 6.45) is 3.07. The van der Waals surface area contributed by atoms with Crippen LogP contribution in [0.2, 0.25) is 5.02 Å². The Morgan fingerprint density at radius 3 is 3.00 bits per heavy atom. The third-order valence-corrected chi connectivity index (χ3v) is 6.73. The number of halogens is 2. The van der Waals surface area contributed by atoms with Gasteiger partial charge in [0.15, 0.2) is 0 Å². The van der Waals surface area contributed by atoms with Crippen molar-refractivity contribution in [2.45, 2.75) is 38.9 Å². The summed E-state index contributed by atoms with van der Waals surface area (Å²) in [5.74, 6) is -0.475. The first-order chi connectivity index (χ1) is 14.8. The minimum atomic E-state index is -0.541. The highest BCUT2D eigenvalue weighted by molar-refractivity contribution is 6.31. The molecule has 0 saturated carbocycles. The maximum absolute atomic E-state index is 13.4. The van der Waals surface area contributed by atoms with Crippen molar-refractivity contribution in [3.8, 4) is 0 Å². The van der Waals surface area contributed by atoms with E-state index in [4.69, 9.17) is 16.3 Å². The summed E-state index contributed by atoms with van der Waals surface area (Å²) in [6, 6.07) is 3.63. The monoisotopic (exact) mass is 447 g/mol. The van der Waals surface area contributed by atoms with Crippen LogP contribution >= 0.6 is 11.6 Å². The molecule has 5 rings (SSSR count). The molecular weight excluding hydrogens is 425 g/mol. The molecule has 0 bridgehead atoms. The zero-order chi connectivity index (χ0) is 21.8. The number of nitrogens with one attached hydrogen (secondary N) is 1. The summed E-state index contributed by atoms with van der Waals surface area (Å²) < 4.78 is 20.8. The van der Waals surface area contributed by atoms with Crippen molar-refractivity contribution in [1.82, 2.24) is 14.7 Å². The van der Waals surface area contributed by atoms with Crippen molar-refractivity contribution in [3.05, 3.63) is 40.9 Å². The Bertz CT molecular complexity index is 1050. The molecule has 2 aromatic rings. The fraction of sp³-hybridized carbons (Fsp3) is 0.476. The Kier molecular flexibility index (Phi) is 4.90. The van der Waals surface area contributed by atoms with Crippen molar-refractivity contribution >= 4 is 34.9 Å². The molecule has 1 N–H and O–H groups in total. The summed E-state index contributed by atoms with van der Waals surface area (Å²) in [5.41, 5.74) is 1.88. The molecule has 31 heavy (non-hydrogen) atoms. The number of hydrogen-bond acceptors (Lipinski definition) is 4. The maximum Gasteiger partial charge on any atom is 0.322 e. The van der Waals surface area contributed by atoms with E-state index in [9.17, 15) is 14.0 Å². The molecule has 3 aliphatic rings. The number of fused-ring (bicyclic) bond motifs is 1. The number of urea groups is 1. The lowest BCUT2D eigenvalue weighted by atomic mass is 9.86. The van der Waals surface area contributed by atoms with Gasteiger partial charge in [0.25, 0.3) is 0 Å². The molecule has 0 aliphatic carbocycles. The summed E-state index contributed by atoms with van der Waals surface area (Å²) >= 11 is 5.82. The van der Waals surface area contributed by atoms with Crippen LogP contribution in [0.1, 0.15) is 25.5 Å². The van der Waals surface area contributed by atoms with E-state index in [2.05, 4.69) is 10.4 Å². The normalized spacial score (nSPS) is 25.4. The molecule has 0 radical (unpaired) electrons. The molecule has 3 aliphatic heterocycles. The molecule has 8 nitrogen and oxygen atoms in total. The van der Waals surface area contributed by atoms with Gasteiger partial charge in [-0.05, 0) is 31.5 Å². The molecule has 1 spiro atoms. The van der Waals surface area contributed by atoms with Crippen molar-refractivity contribution in [1.29, 1.82) is 0 Å². The third kappa shape index (κ3) is 3.55. The van der Waals surface area contributed by atoms with Gasteiger partial charge in [0, 0.05) is 30.7 Å². The molecule has 2 fully saturated rings. The second kappa shape index (κ2) is 7.49. The quantitative estimate of drug-likeness (QED) is 0.766. The van der Waals surface area contributed by atoms with Crippen LogP contribution in [-0.4, -0.2) is 52.4 Å². The zero-order valence-electron chi connectivity index (χ0n) is 17.1. The van der Waals surface area contributed by atoms with Crippen LogP contribution in [0.15, 0.2) is 24.4 Å². The fourth-order valence-electron chi connectivity index (χ4n) is 4.68. The van der Waals surface area contributed by atoms with E-state index in [1.54, 1.807) is 16.0 Å². The molecule has 2 saturated heterocycles. The minimum absolute atomic E-state index is 0.0535. The van der Waals surface area contributed by atoms with Gasteiger partial charge in [0.1, 0.15) is 5.82 Å². The number of amides is 3. The number of ether oxygens (including phenoxy) is 1. The van der Waals surface area contributed by atoms with E-state index >= 15 is 0 Å². The summed E-state index contributed by atoms with van der Waals surface area (Å²) in [6.45, 7) is 4.66. The van der Waals surface area contributed by atoms with Crippen LogP contribution in [0, 0.1) is 11.2 Å². The van der Waals surface area contributed by atoms with Gasteiger partial charge in [0.2, 0.25) is 5.91 Å².